The number of nitrogen functional groups attached to an aromatic ring is 1. The van der Waals surface area contributed by atoms with Crippen LogP contribution >= 0.6 is 0 Å². The van der Waals surface area contributed by atoms with Crippen LogP contribution in [0.2, 0.25) is 0 Å². The molecule has 2 N–H and O–H groups in total. The lowest BCUT2D eigenvalue weighted by molar-refractivity contribution is 0.0989. The van der Waals surface area contributed by atoms with Gasteiger partial charge in [-0.15, -0.1) is 0 Å². The zero-order valence-electron chi connectivity index (χ0n) is 10.2. The highest BCUT2D eigenvalue weighted by Crippen LogP contribution is 2.38. The monoisotopic (exact) mass is 237 g/mol. The molecule has 2 rings (SSSR count). The molecule has 0 saturated heterocycles. The molecule has 0 unspecified atom stereocenters. The molecular weight excluding hydrogens is 218 g/mol. The summed E-state index contributed by atoms with van der Waals surface area (Å²) in [5, 5.41) is 0. The van der Waals surface area contributed by atoms with Gasteiger partial charge in [0, 0.05) is 18.6 Å². The van der Waals surface area contributed by atoms with Crippen LogP contribution in [-0.2, 0) is 4.74 Å². The van der Waals surface area contributed by atoms with Crippen molar-refractivity contribution in [2.45, 2.75) is 32.1 Å². The largest absolute Gasteiger partial charge is 0.475 e. The van der Waals surface area contributed by atoms with Crippen LogP contribution in [-0.4, -0.2) is 29.8 Å². The quantitative estimate of drug-likeness (QED) is 0.731. The predicted molar refractivity (Wildman–Crippen MR) is 65.0 cm³/mol. The highest BCUT2D eigenvalue weighted by atomic mass is 16.5. The molecule has 94 valence electrons. The third-order valence-corrected chi connectivity index (χ3v) is 2.51. The molecule has 0 atom stereocenters. The van der Waals surface area contributed by atoms with Gasteiger partial charge >= 0.3 is 0 Å². The van der Waals surface area contributed by atoms with Crippen molar-refractivity contribution in [1.82, 2.24) is 9.97 Å². The first-order chi connectivity index (χ1) is 8.29. The summed E-state index contributed by atoms with van der Waals surface area (Å²) in [5.41, 5.74) is 5.71. The van der Waals surface area contributed by atoms with Gasteiger partial charge < -0.3 is 15.2 Å². The van der Waals surface area contributed by atoms with Gasteiger partial charge in [0.25, 0.3) is 0 Å². The Labute approximate surface area is 101 Å². The molecule has 1 aliphatic carbocycles. The summed E-state index contributed by atoms with van der Waals surface area (Å²) in [5.74, 6) is 2.33. The van der Waals surface area contributed by atoms with Crippen molar-refractivity contribution in [1.29, 1.82) is 0 Å². The minimum absolute atomic E-state index is 0.478. The molecule has 1 aromatic heterocycles. The molecule has 1 aliphatic rings. The molecule has 0 spiro atoms. The van der Waals surface area contributed by atoms with Crippen molar-refractivity contribution >= 4 is 5.82 Å². The van der Waals surface area contributed by atoms with Crippen molar-refractivity contribution in [2.75, 3.05) is 25.6 Å². The molecule has 1 heterocycles. The molecular formula is C12H19N3O2. The Kier molecular flexibility index (Phi) is 4.14. The third-order valence-electron chi connectivity index (χ3n) is 2.51. The van der Waals surface area contributed by atoms with Gasteiger partial charge in [-0.2, -0.15) is 4.98 Å². The fraction of sp³-hybridized carbons (Fsp3) is 0.667. The second-order valence-electron chi connectivity index (χ2n) is 4.22. The van der Waals surface area contributed by atoms with E-state index >= 15 is 0 Å². The molecule has 5 nitrogen and oxygen atoms in total. The van der Waals surface area contributed by atoms with E-state index in [0.29, 0.717) is 30.8 Å². The Bertz CT molecular complexity index is 367. The summed E-state index contributed by atoms with van der Waals surface area (Å²) in [7, 11) is 0. The number of aromatic nitrogens is 2. The first-order valence-corrected chi connectivity index (χ1v) is 6.14. The van der Waals surface area contributed by atoms with Gasteiger partial charge in [0.1, 0.15) is 18.2 Å². The first kappa shape index (κ1) is 12.1. The summed E-state index contributed by atoms with van der Waals surface area (Å²) in [6.07, 6.45) is 3.33. The smallest absolute Gasteiger partial charge is 0.218 e. The molecule has 1 saturated carbocycles. The summed E-state index contributed by atoms with van der Waals surface area (Å²) in [4.78, 5) is 8.55. The average molecular weight is 237 g/mol. The van der Waals surface area contributed by atoms with E-state index in [1.807, 2.05) is 0 Å². The zero-order valence-corrected chi connectivity index (χ0v) is 10.2. The number of anilines is 1. The minimum Gasteiger partial charge on any atom is -0.475 e. The Morgan fingerprint density at radius 2 is 2.12 bits per heavy atom. The molecule has 0 aliphatic heterocycles. The third kappa shape index (κ3) is 3.85. The van der Waals surface area contributed by atoms with Crippen molar-refractivity contribution in [2.24, 2.45) is 0 Å². The number of hydrogen-bond acceptors (Lipinski definition) is 5. The number of nitrogens with two attached hydrogens (primary N) is 1. The van der Waals surface area contributed by atoms with Gasteiger partial charge in [-0.05, 0) is 19.3 Å². The fourth-order valence-corrected chi connectivity index (χ4v) is 1.51. The second kappa shape index (κ2) is 5.82. The predicted octanol–water partition coefficient (Wildman–Crippen LogP) is 1.74. The fourth-order valence-electron chi connectivity index (χ4n) is 1.51. The van der Waals surface area contributed by atoms with Gasteiger partial charge in [-0.3, -0.25) is 0 Å². The van der Waals surface area contributed by atoms with Crippen LogP contribution in [0.1, 0.15) is 37.9 Å². The second-order valence-corrected chi connectivity index (χ2v) is 4.22. The van der Waals surface area contributed by atoms with Crippen molar-refractivity contribution < 1.29 is 9.47 Å². The maximum Gasteiger partial charge on any atom is 0.218 e. The zero-order chi connectivity index (χ0) is 12.1. The van der Waals surface area contributed by atoms with Crippen LogP contribution in [0.5, 0.6) is 5.88 Å². The summed E-state index contributed by atoms with van der Waals surface area (Å²) < 4.78 is 10.8. The van der Waals surface area contributed by atoms with Gasteiger partial charge in [0.05, 0.1) is 6.61 Å². The molecule has 0 aromatic carbocycles. The Balaban J connectivity index is 1.82. The van der Waals surface area contributed by atoms with E-state index in [4.69, 9.17) is 15.2 Å². The highest BCUT2D eigenvalue weighted by molar-refractivity contribution is 5.34. The summed E-state index contributed by atoms with van der Waals surface area (Å²) in [6.45, 7) is 3.92. The van der Waals surface area contributed by atoms with Gasteiger partial charge in [0.15, 0.2) is 0 Å². The van der Waals surface area contributed by atoms with Crippen LogP contribution < -0.4 is 10.5 Å². The summed E-state index contributed by atoms with van der Waals surface area (Å²) >= 11 is 0. The number of ether oxygens (including phenoxy) is 2. The van der Waals surface area contributed by atoms with Crippen LogP contribution in [0.25, 0.3) is 0 Å². The number of rotatable bonds is 7. The highest BCUT2D eigenvalue weighted by Gasteiger charge is 2.27. The normalized spacial score (nSPS) is 14.9. The van der Waals surface area contributed by atoms with E-state index in [2.05, 4.69) is 16.9 Å². The Hall–Kier alpha value is -1.36. The Morgan fingerprint density at radius 1 is 1.29 bits per heavy atom. The van der Waals surface area contributed by atoms with Gasteiger partial charge in [-0.1, -0.05) is 6.92 Å². The van der Waals surface area contributed by atoms with Crippen LogP contribution in [0.4, 0.5) is 5.82 Å². The lowest BCUT2D eigenvalue weighted by Gasteiger charge is -2.07. The van der Waals surface area contributed by atoms with Gasteiger partial charge in [-0.25, -0.2) is 4.98 Å². The first-order valence-electron chi connectivity index (χ1n) is 6.14. The molecule has 1 aromatic rings. The van der Waals surface area contributed by atoms with E-state index < -0.39 is 0 Å². The number of hydrogen-bond donors (Lipinski definition) is 1. The van der Waals surface area contributed by atoms with Crippen molar-refractivity contribution in [3.05, 3.63) is 11.9 Å². The molecule has 0 radical (unpaired) electrons. The molecule has 0 amide bonds. The van der Waals surface area contributed by atoms with Gasteiger partial charge in [0.2, 0.25) is 5.88 Å². The van der Waals surface area contributed by atoms with Crippen LogP contribution in [0.15, 0.2) is 6.07 Å². The van der Waals surface area contributed by atoms with E-state index in [9.17, 15) is 0 Å². The topological polar surface area (TPSA) is 70.3 Å². The van der Waals surface area contributed by atoms with Crippen molar-refractivity contribution in [3.8, 4) is 5.88 Å². The molecule has 17 heavy (non-hydrogen) atoms. The van der Waals surface area contributed by atoms with E-state index in [1.165, 1.54) is 0 Å². The SMILES string of the molecule is CCCOCCOc1cc(N)nc(C2CC2)n1. The minimum atomic E-state index is 0.478. The maximum absolute atomic E-state index is 5.71. The lowest BCUT2D eigenvalue weighted by atomic mass is 10.4. The molecule has 5 heteroatoms. The summed E-state index contributed by atoms with van der Waals surface area (Å²) in [6, 6.07) is 1.66. The van der Waals surface area contributed by atoms with E-state index in [0.717, 1.165) is 31.7 Å². The average Bonchev–Trinajstić information content (AvgIpc) is 3.12. The maximum atomic E-state index is 5.71. The van der Waals surface area contributed by atoms with E-state index in [1.54, 1.807) is 6.07 Å². The van der Waals surface area contributed by atoms with Crippen LogP contribution in [0, 0.1) is 0 Å². The van der Waals surface area contributed by atoms with Crippen molar-refractivity contribution in [3.63, 3.8) is 0 Å². The van der Waals surface area contributed by atoms with Crippen LogP contribution in [0.3, 0.4) is 0 Å². The molecule has 0 bridgehead atoms. The van der Waals surface area contributed by atoms with E-state index in [-0.39, 0.29) is 0 Å². The lowest BCUT2D eigenvalue weighted by Crippen LogP contribution is -2.09. The standard InChI is InChI=1S/C12H19N3O2/c1-2-5-16-6-7-17-11-8-10(13)14-12(15-11)9-3-4-9/h8-9H,2-7H2,1H3,(H2,13,14,15). The number of nitrogens with zero attached hydrogens (tertiary/aromatic N) is 2. The molecule has 1 fully saturated rings. The Morgan fingerprint density at radius 3 is 2.82 bits per heavy atom.